The van der Waals surface area contributed by atoms with Crippen molar-refractivity contribution in [1.82, 2.24) is 5.32 Å². The Labute approximate surface area is 82.9 Å². The number of hydrogen-bond donors (Lipinski definition) is 2. The Balaban J connectivity index is 2.21. The van der Waals surface area contributed by atoms with Crippen molar-refractivity contribution in [2.24, 2.45) is 0 Å². The van der Waals surface area contributed by atoms with Crippen LogP contribution in [0.1, 0.15) is 33.6 Å². The number of carbonyl (C=O) groups excluding carboxylic acids is 1. The molecule has 2 rings (SSSR count). The van der Waals surface area contributed by atoms with Crippen molar-refractivity contribution in [2.75, 3.05) is 0 Å². The van der Waals surface area contributed by atoms with Crippen LogP contribution < -0.4 is 5.32 Å². The van der Waals surface area contributed by atoms with Gasteiger partial charge in [-0.1, -0.05) is 0 Å². The van der Waals surface area contributed by atoms with E-state index in [0.29, 0.717) is 12.8 Å². The van der Waals surface area contributed by atoms with Crippen LogP contribution in [-0.4, -0.2) is 22.2 Å². The fourth-order valence-corrected chi connectivity index (χ4v) is 2.20. The lowest BCUT2D eigenvalue weighted by Gasteiger charge is -2.51. The van der Waals surface area contributed by atoms with Crippen LogP contribution in [0.25, 0.3) is 0 Å². The van der Waals surface area contributed by atoms with Gasteiger partial charge in [-0.05, 0) is 20.8 Å². The molecule has 1 amide bonds. The van der Waals surface area contributed by atoms with Gasteiger partial charge in [-0.2, -0.15) is 0 Å². The van der Waals surface area contributed by atoms with E-state index in [9.17, 15) is 9.90 Å². The fourth-order valence-electron chi connectivity index (χ4n) is 2.20. The largest absolute Gasteiger partial charge is 0.480 e. The van der Waals surface area contributed by atoms with Gasteiger partial charge in [0.2, 0.25) is 0 Å². The molecule has 2 N–H and O–H groups in total. The molecule has 0 saturated heterocycles. The fraction of sp³-hybridized carbons (Fsp3) is 0.700. The molecule has 0 bridgehead atoms. The summed E-state index contributed by atoms with van der Waals surface area (Å²) < 4.78 is 5.58. The summed E-state index contributed by atoms with van der Waals surface area (Å²) in [4.78, 5) is 11.7. The van der Waals surface area contributed by atoms with Gasteiger partial charge in [0.05, 0.1) is 11.3 Å². The average molecular weight is 197 g/mol. The molecule has 1 spiro atoms. The summed E-state index contributed by atoms with van der Waals surface area (Å²) in [6, 6.07) is 0. The van der Waals surface area contributed by atoms with E-state index in [2.05, 4.69) is 5.32 Å². The minimum absolute atomic E-state index is 0.132. The molecular formula is C10H15NO3. The normalized spacial score (nSPS) is 41.9. The van der Waals surface area contributed by atoms with Crippen molar-refractivity contribution in [3.63, 3.8) is 0 Å². The second-order valence-electron chi connectivity index (χ2n) is 4.58. The molecule has 0 unspecified atom stereocenters. The number of hydrogen-bond acceptors (Lipinski definition) is 3. The predicted octanol–water partition coefficient (Wildman–Crippen LogP) is 0.668. The van der Waals surface area contributed by atoms with Gasteiger partial charge in [-0.25, -0.2) is 0 Å². The minimum atomic E-state index is -0.812. The molecule has 0 aromatic rings. The summed E-state index contributed by atoms with van der Waals surface area (Å²) in [5, 5.41) is 12.4. The second kappa shape index (κ2) is 2.51. The lowest BCUT2D eigenvalue weighted by molar-refractivity contribution is -0.196. The predicted molar refractivity (Wildman–Crippen MR) is 50.2 cm³/mol. The van der Waals surface area contributed by atoms with E-state index < -0.39 is 11.2 Å². The first-order valence-electron chi connectivity index (χ1n) is 4.75. The maximum atomic E-state index is 11.7. The third-order valence-corrected chi connectivity index (χ3v) is 2.92. The van der Waals surface area contributed by atoms with E-state index in [-0.39, 0.29) is 5.91 Å². The molecule has 4 heteroatoms. The number of aliphatic hydroxyl groups is 1. The van der Waals surface area contributed by atoms with E-state index in [4.69, 9.17) is 4.74 Å². The van der Waals surface area contributed by atoms with E-state index in [1.54, 1.807) is 13.8 Å². The standard InChI is InChI=1S/C10H15NO3/c1-6-7(2)14-10(8(12)11-6)4-9(3,13)5-10/h13H,4-5H2,1-3H3,(H,11,12). The van der Waals surface area contributed by atoms with E-state index in [0.717, 1.165) is 11.5 Å². The van der Waals surface area contributed by atoms with Crippen LogP contribution in [-0.2, 0) is 9.53 Å². The average Bonchev–Trinajstić information content (AvgIpc) is 1.97. The third-order valence-electron chi connectivity index (χ3n) is 2.92. The molecule has 0 aromatic carbocycles. The monoisotopic (exact) mass is 197 g/mol. The zero-order valence-electron chi connectivity index (χ0n) is 8.68. The van der Waals surface area contributed by atoms with Crippen molar-refractivity contribution in [3.8, 4) is 0 Å². The molecule has 0 atom stereocenters. The van der Waals surface area contributed by atoms with Gasteiger partial charge in [-0.15, -0.1) is 0 Å². The maximum Gasteiger partial charge on any atom is 0.268 e. The Kier molecular flexibility index (Phi) is 1.71. The van der Waals surface area contributed by atoms with Crippen LogP contribution in [0.5, 0.6) is 0 Å². The number of ether oxygens (including phenoxy) is 1. The summed E-state index contributed by atoms with van der Waals surface area (Å²) >= 11 is 0. The van der Waals surface area contributed by atoms with E-state index in [1.165, 1.54) is 0 Å². The highest BCUT2D eigenvalue weighted by molar-refractivity contribution is 5.89. The van der Waals surface area contributed by atoms with Crippen molar-refractivity contribution in [1.29, 1.82) is 0 Å². The zero-order valence-corrected chi connectivity index (χ0v) is 8.68. The van der Waals surface area contributed by atoms with Crippen molar-refractivity contribution in [2.45, 2.75) is 44.8 Å². The van der Waals surface area contributed by atoms with Crippen molar-refractivity contribution >= 4 is 5.91 Å². The number of amides is 1. The lowest BCUT2D eigenvalue weighted by Crippen LogP contribution is -2.65. The first-order chi connectivity index (χ1) is 6.35. The molecular weight excluding hydrogens is 182 g/mol. The number of nitrogens with one attached hydrogen (secondary N) is 1. The van der Waals surface area contributed by atoms with Crippen LogP contribution in [0.3, 0.4) is 0 Å². The smallest absolute Gasteiger partial charge is 0.268 e. The first kappa shape index (κ1) is 9.52. The Hall–Kier alpha value is -1.03. The zero-order chi connectivity index (χ0) is 10.6. The van der Waals surface area contributed by atoms with Gasteiger partial charge in [0.15, 0.2) is 5.60 Å². The van der Waals surface area contributed by atoms with Crippen LogP contribution in [0.15, 0.2) is 11.5 Å². The molecule has 0 radical (unpaired) electrons. The molecule has 1 aliphatic carbocycles. The van der Waals surface area contributed by atoms with Gasteiger partial charge < -0.3 is 15.2 Å². The summed E-state index contributed by atoms with van der Waals surface area (Å²) in [6.07, 6.45) is 0.743. The highest BCUT2D eigenvalue weighted by Gasteiger charge is 2.59. The van der Waals surface area contributed by atoms with Gasteiger partial charge >= 0.3 is 0 Å². The minimum Gasteiger partial charge on any atom is -0.480 e. The lowest BCUT2D eigenvalue weighted by atomic mass is 9.67. The molecule has 0 aromatic heterocycles. The topological polar surface area (TPSA) is 58.6 Å². The first-order valence-corrected chi connectivity index (χ1v) is 4.75. The van der Waals surface area contributed by atoms with Gasteiger partial charge in [0.25, 0.3) is 5.91 Å². The molecule has 4 nitrogen and oxygen atoms in total. The third kappa shape index (κ3) is 1.21. The summed E-state index contributed by atoms with van der Waals surface area (Å²) in [7, 11) is 0. The Morgan fingerprint density at radius 2 is 2.00 bits per heavy atom. The molecule has 1 aliphatic heterocycles. The highest BCUT2D eigenvalue weighted by Crippen LogP contribution is 2.46. The maximum absolute atomic E-state index is 11.7. The Morgan fingerprint density at radius 3 is 2.50 bits per heavy atom. The van der Waals surface area contributed by atoms with Crippen LogP contribution in [0.4, 0.5) is 0 Å². The van der Waals surface area contributed by atoms with E-state index in [1.807, 2.05) is 6.92 Å². The Bertz CT molecular complexity index is 322. The Morgan fingerprint density at radius 1 is 1.43 bits per heavy atom. The van der Waals surface area contributed by atoms with Crippen molar-refractivity contribution < 1.29 is 14.6 Å². The number of rotatable bonds is 0. The number of allylic oxidation sites excluding steroid dienone is 2. The molecule has 1 saturated carbocycles. The molecule has 78 valence electrons. The van der Waals surface area contributed by atoms with Crippen LogP contribution in [0.2, 0.25) is 0 Å². The van der Waals surface area contributed by atoms with Gasteiger partial charge in [0, 0.05) is 12.8 Å². The molecule has 14 heavy (non-hydrogen) atoms. The summed E-state index contributed by atoms with van der Waals surface area (Å²) in [5.41, 5.74) is -0.817. The molecule has 1 fully saturated rings. The van der Waals surface area contributed by atoms with Gasteiger partial charge in [-0.3, -0.25) is 4.79 Å². The number of carbonyl (C=O) groups is 1. The summed E-state index contributed by atoms with van der Waals surface area (Å²) in [5.74, 6) is 0.604. The van der Waals surface area contributed by atoms with Crippen LogP contribution in [0, 0.1) is 0 Å². The van der Waals surface area contributed by atoms with Crippen LogP contribution >= 0.6 is 0 Å². The summed E-state index contributed by atoms with van der Waals surface area (Å²) in [6.45, 7) is 5.34. The van der Waals surface area contributed by atoms with Crippen molar-refractivity contribution in [3.05, 3.63) is 11.5 Å². The SMILES string of the molecule is CC1=C(C)OC2(CC(C)(O)C2)C(=O)N1. The second-order valence-corrected chi connectivity index (χ2v) is 4.58. The molecule has 1 heterocycles. The quantitative estimate of drug-likeness (QED) is 0.600. The van der Waals surface area contributed by atoms with E-state index >= 15 is 0 Å². The molecule has 2 aliphatic rings. The van der Waals surface area contributed by atoms with Gasteiger partial charge in [0.1, 0.15) is 5.76 Å². The highest BCUT2D eigenvalue weighted by atomic mass is 16.5.